The topological polar surface area (TPSA) is 35.5 Å². The molecule has 5 rings (SSSR count). The maximum Gasteiger partial charge on any atom is 0.508 e. The Bertz CT molecular complexity index is 1060. The molecule has 3 nitrogen and oxygen atoms in total. The van der Waals surface area contributed by atoms with E-state index in [0.29, 0.717) is 5.41 Å². The van der Waals surface area contributed by atoms with E-state index in [1.807, 2.05) is 42.5 Å². The van der Waals surface area contributed by atoms with Crippen LogP contribution in [0.1, 0.15) is 111 Å². The standard InChI is InChI=1S/C37H54O3/c1-26(2)11-9-12-27(3)32-18-19-33-31-17-16-29-25-30(20-22-36(29,4)34(31)21-23-37(32,33)5)40-35(38)39-24-10-15-28-13-7-6-8-14-28/h6-8,10,13-16,26-27,30-34H,9,11-12,17-25H2,1-5H3/b15-10+/t27-,30+,31+,32-,33+,34+,36+,37-/m1/s1. The summed E-state index contributed by atoms with van der Waals surface area (Å²) in [6, 6.07) is 10.1. The van der Waals surface area contributed by atoms with Crippen molar-refractivity contribution in [3.63, 3.8) is 0 Å². The van der Waals surface area contributed by atoms with Crippen molar-refractivity contribution in [1.82, 2.24) is 0 Å². The first-order valence-corrected chi connectivity index (χ1v) is 16.4. The number of benzene rings is 1. The minimum atomic E-state index is -0.534. The van der Waals surface area contributed by atoms with E-state index in [0.717, 1.165) is 60.3 Å². The molecule has 4 aliphatic carbocycles. The van der Waals surface area contributed by atoms with Gasteiger partial charge < -0.3 is 9.47 Å². The molecule has 40 heavy (non-hydrogen) atoms. The van der Waals surface area contributed by atoms with Crippen LogP contribution >= 0.6 is 0 Å². The predicted octanol–water partition coefficient (Wildman–Crippen LogP) is 10.3. The molecule has 1 aromatic carbocycles. The molecular formula is C37H54O3. The Balaban J connectivity index is 1.16. The third-order valence-electron chi connectivity index (χ3n) is 11.9. The van der Waals surface area contributed by atoms with Gasteiger partial charge in [0.15, 0.2) is 0 Å². The average molecular weight is 547 g/mol. The molecule has 3 heteroatoms. The van der Waals surface area contributed by atoms with Crippen LogP contribution in [0.2, 0.25) is 0 Å². The average Bonchev–Trinajstić information content (AvgIpc) is 3.29. The molecule has 8 atom stereocenters. The Morgan fingerprint density at radius 1 is 1.00 bits per heavy atom. The van der Waals surface area contributed by atoms with Gasteiger partial charge in [-0.2, -0.15) is 0 Å². The van der Waals surface area contributed by atoms with Crippen molar-refractivity contribution in [2.45, 2.75) is 111 Å². The fourth-order valence-corrected chi connectivity index (χ4v) is 9.79. The molecule has 0 unspecified atom stereocenters. The summed E-state index contributed by atoms with van der Waals surface area (Å²) in [6.45, 7) is 12.8. The number of ether oxygens (including phenoxy) is 2. The predicted molar refractivity (Wildman–Crippen MR) is 165 cm³/mol. The first kappa shape index (κ1) is 29.5. The van der Waals surface area contributed by atoms with Crippen molar-refractivity contribution in [2.24, 2.45) is 46.3 Å². The Kier molecular flexibility index (Phi) is 9.17. The van der Waals surface area contributed by atoms with Gasteiger partial charge in [-0.1, -0.05) is 102 Å². The van der Waals surface area contributed by atoms with E-state index in [2.05, 4.69) is 40.7 Å². The quantitative estimate of drug-likeness (QED) is 0.228. The second-order valence-electron chi connectivity index (χ2n) is 14.6. The van der Waals surface area contributed by atoms with E-state index < -0.39 is 6.16 Å². The van der Waals surface area contributed by atoms with Crippen LogP contribution in [-0.2, 0) is 9.47 Å². The van der Waals surface area contributed by atoms with Crippen LogP contribution in [0.25, 0.3) is 6.08 Å². The molecule has 3 saturated carbocycles. The van der Waals surface area contributed by atoms with Crippen LogP contribution < -0.4 is 0 Å². The van der Waals surface area contributed by atoms with E-state index in [1.165, 1.54) is 51.4 Å². The highest BCUT2D eigenvalue weighted by Gasteiger charge is 2.59. The molecule has 0 saturated heterocycles. The van der Waals surface area contributed by atoms with Gasteiger partial charge in [0, 0.05) is 6.42 Å². The van der Waals surface area contributed by atoms with Crippen molar-refractivity contribution < 1.29 is 14.3 Å². The van der Waals surface area contributed by atoms with E-state index in [9.17, 15) is 4.79 Å². The van der Waals surface area contributed by atoms with Gasteiger partial charge in [-0.05, 0) is 103 Å². The van der Waals surface area contributed by atoms with Crippen LogP contribution in [-0.4, -0.2) is 18.9 Å². The molecule has 0 amide bonds. The summed E-state index contributed by atoms with van der Waals surface area (Å²) < 4.78 is 11.2. The largest absolute Gasteiger partial charge is 0.508 e. The van der Waals surface area contributed by atoms with Crippen molar-refractivity contribution in [2.75, 3.05) is 6.61 Å². The molecule has 0 aromatic heterocycles. The van der Waals surface area contributed by atoms with Crippen molar-refractivity contribution >= 4 is 12.2 Å². The van der Waals surface area contributed by atoms with Crippen molar-refractivity contribution in [1.29, 1.82) is 0 Å². The number of rotatable bonds is 9. The lowest BCUT2D eigenvalue weighted by Gasteiger charge is -2.58. The fourth-order valence-electron chi connectivity index (χ4n) is 9.79. The highest BCUT2D eigenvalue weighted by Crippen LogP contribution is 2.67. The van der Waals surface area contributed by atoms with Crippen LogP contribution in [0, 0.1) is 46.3 Å². The van der Waals surface area contributed by atoms with Crippen LogP contribution in [0.5, 0.6) is 0 Å². The third kappa shape index (κ3) is 6.09. The summed E-state index contributed by atoms with van der Waals surface area (Å²) in [4.78, 5) is 12.4. The number of allylic oxidation sites excluding steroid dienone is 1. The smallest absolute Gasteiger partial charge is 0.431 e. The zero-order valence-electron chi connectivity index (χ0n) is 25.9. The maximum absolute atomic E-state index is 12.4. The number of fused-ring (bicyclic) bond motifs is 5. The summed E-state index contributed by atoms with van der Waals surface area (Å²) in [7, 11) is 0. The molecule has 4 aliphatic rings. The Morgan fingerprint density at radius 2 is 1.80 bits per heavy atom. The summed E-state index contributed by atoms with van der Waals surface area (Å²) in [5, 5.41) is 0. The molecular weight excluding hydrogens is 492 g/mol. The second-order valence-corrected chi connectivity index (χ2v) is 14.6. The minimum absolute atomic E-state index is 0.0575. The lowest BCUT2D eigenvalue weighted by atomic mass is 9.47. The summed E-state index contributed by atoms with van der Waals surface area (Å²) in [5.74, 6) is 5.09. The Labute approximate surface area is 244 Å². The third-order valence-corrected chi connectivity index (χ3v) is 11.9. The SMILES string of the molecule is CC(C)CCC[C@@H](C)[C@H]1CC[C@H]2[C@@H]3CC=C4C[C@@H](OC(=O)OC/C=C/c5ccccc5)CC[C@]4(C)[C@H]3CC[C@]12C. The first-order valence-electron chi connectivity index (χ1n) is 16.4. The first-order chi connectivity index (χ1) is 19.2. The van der Waals surface area contributed by atoms with Gasteiger partial charge in [0.2, 0.25) is 0 Å². The minimum Gasteiger partial charge on any atom is -0.431 e. The van der Waals surface area contributed by atoms with Crippen molar-refractivity contribution in [3.8, 4) is 0 Å². The maximum atomic E-state index is 12.4. The Morgan fingerprint density at radius 3 is 2.58 bits per heavy atom. The molecule has 0 N–H and O–H groups in total. The van der Waals surface area contributed by atoms with E-state index in [-0.39, 0.29) is 18.1 Å². The lowest BCUT2D eigenvalue weighted by Crippen LogP contribution is -2.51. The molecule has 1 aromatic rings. The molecule has 3 fully saturated rings. The van der Waals surface area contributed by atoms with Gasteiger partial charge in [0.25, 0.3) is 0 Å². The zero-order valence-corrected chi connectivity index (χ0v) is 25.9. The number of hydrogen-bond donors (Lipinski definition) is 0. The van der Waals surface area contributed by atoms with Crippen LogP contribution in [0.4, 0.5) is 4.79 Å². The molecule has 0 spiro atoms. The Hall–Kier alpha value is -2.03. The normalized spacial score (nSPS) is 36.0. The van der Waals surface area contributed by atoms with Gasteiger partial charge in [-0.15, -0.1) is 0 Å². The molecule has 0 aliphatic heterocycles. The van der Waals surface area contributed by atoms with E-state index in [4.69, 9.17) is 9.47 Å². The summed E-state index contributed by atoms with van der Waals surface area (Å²) in [5.41, 5.74) is 3.45. The molecule has 0 bridgehead atoms. The van der Waals surface area contributed by atoms with E-state index >= 15 is 0 Å². The lowest BCUT2D eigenvalue weighted by molar-refractivity contribution is -0.0613. The van der Waals surface area contributed by atoms with Gasteiger partial charge in [0.05, 0.1) is 0 Å². The summed E-state index contributed by atoms with van der Waals surface area (Å²) in [6.07, 6.45) is 19.9. The van der Waals surface area contributed by atoms with Gasteiger partial charge >= 0.3 is 6.16 Å². The van der Waals surface area contributed by atoms with Gasteiger partial charge in [0.1, 0.15) is 12.7 Å². The van der Waals surface area contributed by atoms with E-state index in [1.54, 1.807) is 5.57 Å². The number of carbonyl (C=O) groups is 1. The van der Waals surface area contributed by atoms with Crippen LogP contribution in [0.15, 0.2) is 48.1 Å². The number of carbonyl (C=O) groups excluding carboxylic acids is 1. The van der Waals surface area contributed by atoms with Crippen molar-refractivity contribution in [3.05, 3.63) is 53.6 Å². The number of hydrogen-bond acceptors (Lipinski definition) is 3. The highest BCUT2D eigenvalue weighted by molar-refractivity contribution is 5.60. The molecule has 220 valence electrons. The molecule has 0 radical (unpaired) electrons. The monoisotopic (exact) mass is 546 g/mol. The molecule has 0 heterocycles. The zero-order chi connectivity index (χ0) is 28.3. The van der Waals surface area contributed by atoms with Gasteiger partial charge in [-0.3, -0.25) is 0 Å². The second kappa shape index (κ2) is 12.5. The van der Waals surface area contributed by atoms with Crippen LogP contribution in [0.3, 0.4) is 0 Å². The van der Waals surface area contributed by atoms with Gasteiger partial charge in [-0.25, -0.2) is 4.79 Å². The summed E-state index contributed by atoms with van der Waals surface area (Å²) >= 11 is 0. The highest BCUT2D eigenvalue weighted by atomic mass is 16.7. The fraction of sp³-hybridized carbons (Fsp3) is 0.703.